The number of unbranched alkanes of at least 4 members (excludes halogenated alkanes) is 1. The molecule has 0 spiro atoms. The van der Waals surface area contributed by atoms with Gasteiger partial charge >= 0.3 is 0 Å². The molecule has 0 unspecified atom stereocenters. The average Bonchev–Trinajstić information content (AvgIpc) is 2.13. The Kier molecular flexibility index (Phi) is 7.48. The van der Waals surface area contributed by atoms with Crippen LogP contribution in [0.25, 0.3) is 0 Å². The van der Waals surface area contributed by atoms with E-state index in [0.29, 0.717) is 26.0 Å². The summed E-state index contributed by atoms with van der Waals surface area (Å²) in [5, 5.41) is 0. The molecule has 0 saturated heterocycles. The maximum absolute atomic E-state index is 11.2. The zero-order valence-corrected chi connectivity index (χ0v) is 9.27. The van der Waals surface area contributed by atoms with Crippen LogP contribution in [0.15, 0.2) is 0 Å². The predicted octanol–water partition coefficient (Wildman–Crippen LogP) is 0.356. The van der Waals surface area contributed by atoms with Gasteiger partial charge in [0.25, 0.3) is 0 Å². The Hall–Kier alpha value is -0.570. The quantitative estimate of drug-likeness (QED) is 0.473. The lowest BCUT2D eigenvalue weighted by Gasteiger charge is -2.05. The second kappa shape index (κ2) is 7.80. The van der Waals surface area contributed by atoms with Gasteiger partial charge in [-0.25, -0.2) is 13.1 Å². The molecule has 4 nitrogen and oxygen atoms in total. The van der Waals surface area contributed by atoms with Crippen LogP contribution in [0.1, 0.15) is 19.8 Å². The number of hydrogen-bond donors (Lipinski definition) is 1. The number of sulfonamides is 1. The summed E-state index contributed by atoms with van der Waals surface area (Å²) in [4.78, 5) is 0. The lowest BCUT2D eigenvalue weighted by atomic mass is 10.3. The summed E-state index contributed by atoms with van der Waals surface area (Å²) in [7, 11) is -3.18. The van der Waals surface area contributed by atoms with Crippen molar-refractivity contribution in [1.82, 2.24) is 4.72 Å². The van der Waals surface area contributed by atoms with Crippen molar-refractivity contribution >= 4 is 10.0 Å². The summed E-state index contributed by atoms with van der Waals surface area (Å²) in [5.74, 6) is 2.46. The Bertz CT molecular complexity index is 266. The second-order valence-corrected chi connectivity index (χ2v) is 4.64. The molecular formula is C9H17NO3S. The van der Waals surface area contributed by atoms with E-state index in [2.05, 4.69) is 10.6 Å². The van der Waals surface area contributed by atoms with Crippen LogP contribution in [-0.2, 0) is 14.8 Å². The van der Waals surface area contributed by atoms with Gasteiger partial charge in [0, 0.05) is 19.6 Å². The molecule has 0 amide bonds. The molecule has 0 aliphatic heterocycles. The predicted molar refractivity (Wildman–Crippen MR) is 56.3 cm³/mol. The zero-order chi connectivity index (χ0) is 10.9. The Labute approximate surface area is 86.1 Å². The molecule has 0 atom stereocenters. The van der Waals surface area contributed by atoms with Gasteiger partial charge in [-0.1, -0.05) is 0 Å². The van der Waals surface area contributed by atoms with Gasteiger partial charge in [-0.2, -0.15) is 0 Å². The molecule has 0 rings (SSSR count). The Morgan fingerprint density at radius 3 is 2.79 bits per heavy atom. The molecule has 0 aliphatic rings. The number of hydrogen-bond acceptors (Lipinski definition) is 3. The maximum Gasteiger partial charge on any atom is 0.213 e. The second-order valence-electron chi connectivity index (χ2n) is 2.72. The van der Waals surface area contributed by atoms with Crippen molar-refractivity contribution < 1.29 is 13.2 Å². The normalized spacial score (nSPS) is 11.1. The molecule has 14 heavy (non-hydrogen) atoms. The van der Waals surface area contributed by atoms with Crippen LogP contribution >= 0.6 is 0 Å². The first-order valence-electron chi connectivity index (χ1n) is 4.61. The minimum atomic E-state index is -3.18. The lowest BCUT2D eigenvalue weighted by Crippen LogP contribution is -2.29. The highest BCUT2D eigenvalue weighted by molar-refractivity contribution is 7.89. The van der Waals surface area contributed by atoms with E-state index in [4.69, 9.17) is 11.2 Å². The molecule has 0 bridgehead atoms. The van der Waals surface area contributed by atoms with Crippen LogP contribution in [-0.4, -0.2) is 33.9 Å². The largest absolute Gasteiger partial charge is 0.381 e. The number of ether oxygens (including phenoxy) is 1. The highest BCUT2D eigenvalue weighted by Gasteiger charge is 2.07. The molecule has 0 fully saturated rings. The fraction of sp³-hybridized carbons (Fsp3) is 0.778. The topological polar surface area (TPSA) is 55.4 Å². The zero-order valence-electron chi connectivity index (χ0n) is 8.45. The molecule has 0 aromatic carbocycles. The lowest BCUT2D eigenvalue weighted by molar-refractivity contribution is 0.163. The van der Waals surface area contributed by atoms with E-state index >= 15 is 0 Å². The third-order valence-electron chi connectivity index (χ3n) is 1.52. The van der Waals surface area contributed by atoms with E-state index in [1.165, 1.54) is 0 Å². The fourth-order valence-electron chi connectivity index (χ4n) is 0.803. The van der Waals surface area contributed by atoms with Gasteiger partial charge in [-0.05, 0) is 13.3 Å². The molecule has 0 saturated carbocycles. The molecule has 0 aliphatic carbocycles. The van der Waals surface area contributed by atoms with Gasteiger partial charge in [0.15, 0.2) is 0 Å². The summed E-state index contributed by atoms with van der Waals surface area (Å²) in [6.45, 7) is 3.00. The minimum absolute atomic E-state index is 0.0108. The van der Waals surface area contributed by atoms with Crippen molar-refractivity contribution in [2.45, 2.75) is 19.8 Å². The standard InChI is InChI=1S/C9H17NO3S/c1-3-5-6-7-10-14(11,12)9-8-13-4-2/h1,10H,4-9H2,2H3. The summed E-state index contributed by atoms with van der Waals surface area (Å²) in [6, 6.07) is 0. The van der Waals surface area contributed by atoms with Crippen LogP contribution in [0.5, 0.6) is 0 Å². The van der Waals surface area contributed by atoms with Crippen LogP contribution in [0.4, 0.5) is 0 Å². The summed E-state index contributed by atoms with van der Waals surface area (Å²) in [6.07, 6.45) is 6.29. The van der Waals surface area contributed by atoms with E-state index in [9.17, 15) is 8.42 Å². The highest BCUT2D eigenvalue weighted by Crippen LogP contribution is 1.89. The van der Waals surface area contributed by atoms with E-state index < -0.39 is 10.0 Å². The van der Waals surface area contributed by atoms with Crippen molar-refractivity contribution in [2.75, 3.05) is 25.5 Å². The highest BCUT2D eigenvalue weighted by atomic mass is 32.2. The molecule has 0 aromatic heterocycles. The molecular weight excluding hydrogens is 202 g/mol. The average molecular weight is 219 g/mol. The number of terminal acetylenes is 1. The fourth-order valence-corrected chi connectivity index (χ4v) is 1.74. The molecule has 0 heterocycles. The first-order valence-corrected chi connectivity index (χ1v) is 6.26. The first kappa shape index (κ1) is 13.4. The van der Waals surface area contributed by atoms with E-state index in [-0.39, 0.29) is 12.4 Å². The Balaban J connectivity index is 3.58. The SMILES string of the molecule is C#CCCCNS(=O)(=O)CCOCC. The minimum Gasteiger partial charge on any atom is -0.381 e. The molecule has 5 heteroatoms. The van der Waals surface area contributed by atoms with Gasteiger partial charge in [0.2, 0.25) is 10.0 Å². The van der Waals surface area contributed by atoms with Gasteiger partial charge < -0.3 is 4.74 Å². The van der Waals surface area contributed by atoms with Crippen molar-refractivity contribution in [1.29, 1.82) is 0 Å². The number of nitrogens with one attached hydrogen (secondary N) is 1. The Morgan fingerprint density at radius 1 is 1.50 bits per heavy atom. The smallest absolute Gasteiger partial charge is 0.213 e. The molecule has 0 aromatic rings. The summed E-state index contributed by atoms with van der Waals surface area (Å²) >= 11 is 0. The van der Waals surface area contributed by atoms with Gasteiger partial charge in [0.1, 0.15) is 0 Å². The van der Waals surface area contributed by atoms with E-state index in [1.54, 1.807) is 0 Å². The van der Waals surface area contributed by atoms with Crippen LogP contribution in [0.3, 0.4) is 0 Å². The molecule has 82 valence electrons. The Morgan fingerprint density at radius 2 is 2.21 bits per heavy atom. The third-order valence-corrected chi connectivity index (χ3v) is 2.87. The van der Waals surface area contributed by atoms with Gasteiger partial charge in [0.05, 0.1) is 12.4 Å². The van der Waals surface area contributed by atoms with Gasteiger partial charge in [-0.15, -0.1) is 12.3 Å². The number of rotatable bonds is 8. The van der Waals surface area contributed by atoms with E-state index in [0.717, 1.165) is 0 Å². The third kappa shape index (κ3) is 8.05. The summed E-state index contributed by atoms with van der Waals surface area (Å²) in [5.41, 5.74) is 0. The van der Waals surface area contributed by atoms with Crippen LogP contribution < -0.4 is 4.72 Å². The molecule has 0 radical (unpaired) electrons. The van der Waals surface area contributed by atoms with E-state index in [1.807, 2.05) is 6.92 Å². The van der Waals surface area contributed by atoms with Crippen molar-refractivity contribution in [3.05, 3.63) is 0 Å². The molecule has 1 N–H and O–H groups in total. The monoisotopic (exact) mass is 219 g/mol. The van der Waals surface area contributed by atoms with Crippen LogP contribution in [0.2, 0.25) is 0 Å². The van der Waals surface area contributed by atoms with Crippen molar-refractivity contribution in [3.63, 3.8) is 0 Å². The van der Waals surface area contributed by atoms with Crippen LogP contribution in [0, 0.1) is 12.3 Å². The first-order chi connectivity index (χ1) is 6.62. The van der Waals surface area contributed by atoms with Crippen molar-refractivity contribution in [2.24, 2.45) is 0 Å². The maximum atomic E-state index is 11.2. The summed E-state index contributed by atoms with van der Waals surface area (Å²) < 4.78 is 29.8. The van der Waals surface area contributed by atoms with Gasteiger partial charge in [-0.3, -0.25) is 0 Å². The van der Waals surface area contributed by atoms with Crippen molar-refractivity contribution in [3.8, 4) is 12.3 Å².